The molecule has 3 rings (SSSR count). The Balaban J connectivity index is 0.00000280. The van der Waals surface area contributed by atoms with Crippen molar-refractivity contribution in [2.45, 2.75) is 38.7 Å². The fraction of sp³-hybridized carbons (Fsp3) is 0.409. The quantitative estimate of drug-likeness (QED) is 0.332. The van der Waals surface area contributed by atoms with Gasteiger partial charge < -0.3 is 20.1 Å². The van der Waals surface area contributed by atoms with Gasteiger partial charge in [0.05, 0.1) is 19.3 Å². The van der Waals surface area contributed by atoms with Crippen LogP contribution in [0, 0.1) is 0 Å². The largest absolute Gasteiger partial charge is 0.376 e. The van der Waals surface area contributed by atoms with E-state index < -0.39 is 0 Å². The van der Waals surface area contributed by atoms with Gasteiger partial charge in [0.25, 0.3) is 0 Å². The van der Waals surface area contributed by atoms with E-state index >= 15 is 0 Å². The summed E-state index contributed by atoms with van der Waals surface area (Å²) in [4.78, 5) is 4.30. The molecule has 5 nitrogen and oxygen atoms in total. The van der Waals surface area contributed by atoms with E-state index in [1.807, 2.05) is 18.2 Å². The number of nitrogens with zero attached hydrogens (tertiary/aromatic N) is 1. The van der Waals surface area contributed by atoms with Gasteiger partial charge in [-0.3, -0.25) is 4.99 Å². The van der Waals surface area contributed by atoms with E-state index in [0.717, 1.165) is 32.0 Å². The molecule has 1 fully saturated rings. The topological polar surface area (TPSA) is 54.9 Å². The van der Waals surface area contributed by atoms with E-state index in [9.17, 15) is 0 Å². The lowest BCUT2D eigenvalue weighted by Crippen LogP contribution is -2.40. The third-order valence-electron chi connectivity index (χ3n) is 4.68. The van der Waals surface area contributed by atoms with E-state index in [4.69, 9.17) is 9.47 Å². The molecule has 2 N–H and O–H groups in total. The second kappa shape index (κ2) is 12.7. The number of halogens is 1. The maximum atomic E-state index is 5.90. The summed E-state index contributed by atoms with van der Waals surface area (Å²) in [7, 11) is 1.79. The number of guanidine groups is 1. The Hall–Kier alpha value is -1.64. The second-order valence-corrected chi connectivity index (χ2v) is 6.69. The Kier molecular flexibility index (Phi) is 10.3. The zero-order valence-corrected chi connectivity index (χ0v) is 18.7. The molecule has 0 radical (unpaired) electrons. The fourth-order valence-electron chi connectivity index (χ4n) is 3.14. The number of hydrogen-bond donors (Lipinski definition) is 2. The number of ether oxygens (including phenoxy) is 2. The van der Waals surface area contributed by atoms with Crippen LogP contribution in [-0.2, 0) is 29.2 Å². The van der Waals surface area contributed by atoms with E-state index in [-0.39, 0.29) is 24.0 Å². The van der Waals surface area contributed by atoms with Crippen LogP contribution in [0.4, 0.5) is 0 Å². The van der Waals surface area contributed by atoms with Crippen LogP contribution in [0.5, 0.6) is 0 Å². The van der Waals surface area contributed by atoms with Gasteiger partial charge in [-0.15, -0.1) is 24.0 Å². The molecule has 1 unspecified atom stereocenters. The van der Waals surface area contributed by atoms with Gasteiger partial charge >= 0.3 is 0 Å². The van der Waals surface area contributed by atoms with Crippen LogP contribution >= 0.6 is 24.0 Å². The lowest BCUT2D eigenvalue weighted by atomic mass is 10.1. The highest BCUT2D eigenvalue weighted by Gasteiger charge is 2.15. The Bertz CT molecular complexity index is 719. The van der Waals surface area contributed by atoms with Crippen molar-refractivity contribution in [1.82, 2.24) is 10.6 Å². The number of aliphatic imine (C=N–C) groups is 1. The van der Waals surface area contributed by atoms with Crippen molar-refractivity contribution in [1.29, 1.82) is 0 Å². The average molecular weight is 495 g/mol. The minimum atomic E-state index is 0. The van der Waals surface area contributed by atoms with Gasteiger partial charge in [-0.2, -0.15) is 0 Å². The molecule has 152 valence electrons. The summed E-state index contributed by atoms with van der Waals surface area (Å²) in [6.07, 6.45) is 2.56. The van der Waals surface area contributed by atoms with Crippen LogP contribution in [0.2, 0.25) is 0 Å². The zero-order valence-electron chi connectivity index (χ0n) is 16.4. The molecule has 1 aliphatic heterocycles. The summed E-state index contributed by atoms with van der Waals surface area (Å²) in [6.45, 7) is 3.58. The van der Waals surface area contributed by atoms with Crippen LogP contribution < -0.4 is 10.6 Å². The summed E-state index contributed by atoms with van der Waals surface area (Å²) in [5, 5.41) is 6.73. The van der Waals surface area contributed by atoms with Gasteiger partial charge in [-0.25, -0.2) is 0 Å². The predicted octanol–water partition coefficient (Wildman–Crippen LogP) is 3.87. The highest BCUT2D eigenvalue weighted by atomic mass is 127. The number of nitrogens with one attached hydrogen (secondary N) is 2. The molecule has 2 aromatic rings. The molecular weight excluding hydrogens is 465 g/mol. The Labute approximate surface area is 184 Å². The minimum absolute atomic E-state index is 0. The molecule has 0 spiro atoms. The van der Waals surface area contributed by atoms with Crippen molar-refractivity contribution < 1.29 is 9.47 Å². The van der Waals surface area contributed by atoms with Crippen molar-refractivity contribution in [3.63, 3.8) is 0 Å². The third-order valence-corrected chi connectivity index (χ3v) is 4.68. The Morgan fingerprint density at radius 2 is 1.79 bits per heavy atom. The molecule has 6 heteroatoms. The standard InChI is InChI=1S/C22H29N3O2.HI/c1-23-22(25-15-21-12-7-13-27-21)24-14-19-10-5-6-11-20(19)17-26-16-18-8-3-2-4-9-18;/h2-6,8-11,21H,7,12-17H2,1H3,(H2,23,24,25);1H. The van der Waals surface area contributed by atoms with Gasteiger partial charge in [-0.05, 0) is 29.5 Å². The van der Waals surface area contributed by atoms with Gasteiger partial charge in [0.1, 0.15) is 0 Å². The first-order valence-electron chi connectivity index (χ1n) is 9.59. The molecule has 2 aromatic carbocycles. The second-order valence-electron chi connectivity index (χ2n) is 6.69. The first-order chi connectivity index (χ1) is 13.3. The third kappa shape index (κ3) is 7.41. The van der Waals surface area contributed by atoms with Crippen LogP contribution in [0.1, 0.15) is 29.5 Å². The van der Waals surface area contributed by atoms with E-state index in [1.165, 1.54) is 16.7 Å². The van der Waals surface area contributed by atoms with Gasteiger partial charge in [0.2, 0.25) is 0 Å². The van der Waals surface area contributed by atoms with Crippen LogP contribution in [0.15, 0.2) is 59.6 Å². The number of rotatable bonds is 8. The van der Waals surface area contributed by atoms with E-state index in [2.05, 4.69) is 52.0 Å². The monoisotopic (exact) mass is 495 g/mol. The average Bonchev–Trinajstić information content (AvgIpc) is 3.23. The van der Waals surface area contributed by atoms with Crippen molar-refractivity contribution in [2.75, 3.05) is 20.2 Å². The molecule has 0 saturated carbocycles. The highest BCUT2D eigenvalue weighted by molar-refractivity contribution is 14.0. The lowest BCUT2D eigenvalue weighted by Gasteiger charge is -2.16. The summed E-state index contributed by atoms with van der Waals surface area (Å²) in [5.41, 5.74) is 3.59. The molecule has 1 aliphatic rings. The van der Waals surface area contributed by atoms with E-state index in [1.54, 1.807) is 7.05 Å². The molecule has 0 bridgehead atoms. The van der Waals surface area contributed by atoms with E-state index in [0.29, 0.717) is 25.9 Å². The normalized spacial score (nSPS) is 16.5. The summed E-state index contributed by atoms with van der Waals surface area (Å²) in [6, 6.07) is 18.6. The smallest absolute Gasteiger partial charge is 0.191 e. The van der Waals surface area contributed by atoms with Crippen LogP contribution in [0.25, 0.3) is 0 Å². The summed E-state index contributed by atoms with van der Waals surface area (Å²) < 4.78 is 11.6. The van der Waals surface area contributed by atoms with Crippen LogP contribution in [0.3, 0.4) is 0 Å². The fourth-order valence-corrected chi connectivity index (χ4v) is 3.14. The predicted molar refractivity (Wildman–Crippen MR) is 124 cm³/mol. The maximum absolute atomic E-state index is 5.90. The highest BCUT2D eigenvalue weighted by Crippen LogP contribution is 2.12. The summed E-state index contributed by atoms with van der Waals surface area (Å²) >= 11 is 0. The molecule has 1 saturated heterocycles. The number of hydrogen-bond acceptors (Lipinski definition) is 3. The molecule has 28 heavy (non-hydrogen) atoms. The molecule has 0 amide bonds. The molecule has 1 heterocycles. The molecule has 1 atom stereocenters. The Morgan fingerprint density at radius 1 is 1.04 bits per heavy atom. The molecular formula is C22H30IN3O2. The molecule has 0 aliphatic carbocycles. The van der Waals surface area contributed by atoms with Gasteiger partial charge in [0, 0.05) is 26.7 Å². The first kappa shape index (κ1) is 22.6. The lowest BCUT2D eigenvalue weighted by molar-refractivity contribution is 0.106. The van der Waals surface area contributed by atoms with Gasteiger partial charge in [0.15, 0.2) is 5.96 Å². The zero-order chi connectivity index (χ0) is 18.7. The summed E-state index contributed by atoms with van der Waals surface area (Å²) in [5.74, 6) is 0.797. The van der Waals surface area contributed by atoms with Crippen molar-refractivity contribution >= 4 is 29.9 Å². The van der Waals surface area contributed by atoms with Crippen molar-refractivity contribution in [3.8, 4) is 0 Å². The molecule has 0 aromatic heterocycles. The van der Waals surface area contributed by atoms with Gasteiger partial charge in [-0.1, -0.05) is 54.6 Å². The minimum Gasteiger partial charge on any atom is -0.376 e. The first-order valence-corrected chi connectivity index (χ1v) is 9.59. The van der Waals surface area contributed by atoms with Crippen molar-refractivity contribution in [3.05, 3.63) is 71.3 Å². The maximum Gasteiger partial charge on any atom is 0.191 e. The van der Waals surface area contributed by atoms with Crippen LogP contribution in [-0.4, -0.2) is 32.3 Å². The Morgan fingerprint density at radius 3 is 2.50 bits per heavy atom. The SMILES string of the molecule is CN=C(NCc1ccccc1COCc1ccccc1)NCC1CCCO1.I. The number of benzene rings is 2. The van der Waals surface area contributed by atoms with Crippen molar-refractivity contribution in [2.24, 2.45) is 4.99 Å².